The smallest absolute Gasteiger partial charge is 0.370 e. The Labute approximate surface area is 62.2 Å². The van der Waals surface area contributed by atoms with Crippen molar-refractivity contribution in [2.75, 3.05) is 0 Å². The Balaban J connectivity index is 4.23. The number of alkyl halides is 6. The van der Waals surface area contributed by atoms with Gasteiger partial charge in [0.05, 0.1) is 0 Å². The maximum Gasteiger partial charge on any atom is 0.506 e. The lowest BCUT2D eigenvalue weighted by atomic mass is 10.9. The minimum absolute atomic E-state index is 0.383. The molecule has 0 aromatic heterocycles. The maximum atomic E-state index is 11.2. The molecule has 0 aromatic carbocycles. The SMILES string of the molecule is NC(=NC(F)(F)F)NC(F)(F)F. The fourth-order valence-corrected chi connectivity index (χ4v) is 0.310. The van der Waals surface area contributed by atoms with Gasteiger partial charge in [-0.05, 0) is 0 Å². The summed E-state index contributed by atoms with van der Waals surface area (Å²) in [7, 11) is 0. The highest BCUT2D eigenvalue weighted by atomic mass is 19.4. The zero-order chi connectivity index (χ0) is 9.99. The summed E-state index contributed by atoms with van der Waals surface area (Å²) in [5, 5.41) is 0.383. The second kappa shape index (κ2) is 3.07. The monoisotopic (exact) mass is 195 g/mol. The fourth-order valence-electron chi connectivity index (χ4n) is 0.310. The summed E-state index contributed by atoms with van der Waals surface area (Å²) in [6.45, 7) is 0. The van der Waals surface area contributed by atoms with Crippen LogP contribution in [0.5, 0.6) is 0 Å². The first kappa shape index (κ1) is 10.8. The summed E-state index contributed by atoms with van der Waals surface area (Å²) in [5.41, 5.74) is 4.24. The maximum absolute atomic E-state index is 11.2. The molecule has 3 N–H and O–H groups in total. The van der Waals surface area contributed by atoms with Crippen LogP contribution in [0.3, 0.4) is 0 Å². The van der Waals surface area contributed by atoms with E-state index in [0.717, 1.165) is 0 Å². The van der Waals surface area contributed by atoms with Crippen LogP contribution in [-0.4, -0.2) is 18.6 Å². The second-order valence-corrected chi connectivity index (χ2v) is 1.59. The van der Waals surface area contributed by atoms with Gasteiger partial charge in [0.1, 0.15) is 0 Å². The number of nitrogens with one attached hydrogen (secondary N) is 1. The highest BCUT2D eigenvalue weighted by molar-refractivity contribution is 5.78. The predicted molar refractivity (Wildman–Crippen MR) is 26.9 cm³/mol. The molecule has 0 fully saturated rings. The van der Waals surface area contributed by atoms with Crippen molar-refractivity contribution in [2.24, 2.45) is 10.7 Å². The highest BCUT2D eigenvalue weighted by Gasteiger charge is 2.32. The van der Waals surface area contributed by atoms with E-state index in [9.17, 15) is 26.3 Å². The third-order valence-corrected chi connectivity index (χ3v) is 0.517. The van der Waals surface area contributed by atoms with E-state index in [4.69, 9.17) is 0 Å². The number of aliphatic imine (C=N–C) groups is 1. The van der Waals surface area contributed by atoms with Crippen molar-refractivity contribution in [1.29, 1.82) is 0 Å². The van der Waals surface area contributed by atoms with E-state index in [-0.39, 0.29) is 0 Å². The molecule has 0 bridgehead atoms. The van der Waals surface area contributed by atoms with Gasteiger partial charge in [0.25, 0.3) is 0 Å². The number of nitrogens with zero attached hydrogens (tertiary/aromatic N) is 1. The third kappa shape index (κ3) is 6.96. The van der Waals surface area contributed by atoms with E-state index in [1.54, 1.807) is 4.99 Å². The molecule has 0 saturated carbocycles. The van der Waals surface area contributed by atoms with Gasteiger partial charge in [0, 0.05) is 0 Å². The molecule has 0 aliphatic rings. The number of rotatable bonds is 0. The van der Waals surface area contributed by atoms with Gasteiger partial charge < -0.3 is 5.73 Å². The van der Waals surface area contributed by atoms with Crippen LogP contribution in [0.1, 0.15) is 0 Å². The molecule has 0 rings (SSSR count). The second-order valence-electron chi connectivity index (χ2n) is 1.59. The standard InChI is InChI=1S/C3H3F6N3/c4-2(5,6)11-1(10)12-3(7,8)9/h(H3,10,11,12). The molecular formula is C3H3F6N3. The molecule has 9 heteroatoms. The topological polar surface area (TPSA) is 50.4 Å². The lowest BCUT2D eigenvalue weighted by Gasteiger charge is -2.08. The molecule has 0 aromatic rings. The lowest BCUT2D eigenvalue weighted by Crippen LogP contribution is -2.43. The number of nitrogens with two attached hydrogens (primary N) is 1. The van der Waals surface area contributed by atoms with Crippen molar-refractivity contribution in [3.8, 4) is 0 Å². The molecule has 0 unspecified atom stereocenters. The molecule has 0 amide bonds. The first-order valence-corrected chi connectivity index (χ1v) is 2.37. The van der Waals surface area contributed by atoms with E-state index < -0.39 is 18.6 Å². The quantitative estimate of drug-likeness (QED) is 0.261. The van der Waals surface area contributed by atoms with Crippen molar-refractivity contribution in [3.05, 3.63) is 0 Å². The van der Waals surface area contributed by atoms with Crippen LogP contribution in [0, 0.1) is 0 Å². The summed E-state index contributed by atoms with van der Waals surface area (Å²) in [6.07, 6.45) is -10.1. The normalized spacial score (nSPS) is 14.7. The summed E-state index contributed by atoms with van der Waals surface area (Å²) < 4.78 is 67.3. The molecule has 3 nitrogen and oxygen atoms in total. The molecule has 12 heavy (non-hydrogen) atoms. The van der Waals surface area contributed by atoms with Gasteiger partial charge in [-0.15, -0.1) is 13.2 Å². The van der Waals surface area contributed by atoms with Gasteiger partial charge in [-0.3, -0.25) is 5.32 Å². The van der Waals surface area contributed by atoms with Gasteiger partial charge in [0.2, 0.25) is 5.96 Å². The molecule has 0 aliphatic carbocycles. The van der Waals surface area contributed by atoms with Gasteiger partial charge in [0.15, 0.2) is 0 Å². The Morgan fingerprint density at radius 2 is 1.50 bits per heavy atom. The Morgan fingerprint density at radius 3 is 1.75 bits per heavy atom. The Bertz CT molecular complexity index is 177. The van der Waals surface area contributed by atoms with Gasteiger partial charge >= 0.3 is 12.6 Å². The molecule has 0 heterocycles. The molecular weight excluding hydrogens is 192 g/mol. The van der Waals surface area contributed by atoms with E-state index in [1.807, 2.05) is 0 Å². The van der Waals surface area contributed by atoms with Gasteiger partial charge in [-0.2, -0.15) is 18.2 Å². The minimum atomic E-state index is -5.11. The Morgan fingerprint density at radius 1 is 1.08 bits per heavy atom. The van der Waals surface area contributed by atoms with Crippen LogP contribution >= 0.6 is 0 Å². The first-order valence-electron chi connectivity index (χ1n) is 2.37. The van der Waals surface area contributed by atoms with Gasteiger partial charge in [-0.1, -0.05) is 0 Å². The van der Waals surface area contributed by atoms with Crippen LogP contribution in [0.2, 0.25) is 0 Å². The average Bonchev–Trinajstić information content (AvgIpc) is 1.49. The zero-order valence-electron chi connectivity index (χ0n) is 5.29. The highest BCUT2D eigenvalue weighted by Crippen LogP contribution is 2.16. The molecule has 0 atom stereocenters. The van der Waals surface area contributed by atoms with Crippen LogP contribution < -0.4 is 11.1 Å². The van der Waals surface area contributed by atoms with Crippen molar-refractivity contribution in [1.82, 2.24) is 5.32 Å². The number of hydrogen-bond acceptors (Lipinski definition) is 1. The number of hydrogen-bond donors (Lipinski definition) is 2. The molecule has 0 radical (unpaired) electrons. The summed E-state index contributed by atoms with van der Waals surface area (Å²) in [5.74, 6) is -1.74. The van der Waals surface area contributed by atoms with E-state index >= 15 is 0 Å². The molecule has 0 spiro atoms. The fraction of sp³-hybridized carbons (Fsp3) is 0.667. The van der Waals surface area contributed by atoms with Crippen LogP contribution in [-0.2, 0) is 0 Å². The molecule has 72 valence electrons. The summed E-state index contributed by atoms with van der Waals surface area (Å²) >= 11 is 0. The largest absolute Gasteiger partial charge is 0.506 e. The van der Waals surface area contributed by atoms with Crippen molar-refractivity contribution in [2.45, 2.75) is 12.6 Å². The zero-order valence-corrected chi connectivity index (χ0v) is 5.29. The Hall–Kier alpha value is -1.15. The Kier molecular flexibility index (Phi) is 2.78. The van der Waals surface area contributed by atoms with E-state index in [0.29, 0.717) is 5.32 Å². The van der Waals surface area contributed by atoms with Crippen LogP contribution in [0.25, 0.3) is 0 Å². The number of guanidine groups is 1. The average molecular weight is 195 g/mol. The van der Waals surface area contributed by atoms with E-state index in [1.165, 1.54) is 0 Å². The van der Waals surface area contributed by atoms with Crippen LogP contribution in [0.4, 0.5) is 26.3 Å². The lowest BCUT2D eigenvalue weighted by molar-refractivity contribution is -0.144. The van der Waals surface area contributed by atoms with Gasteiger partial charge in [-0.25, -0.2) is 0 Å². The van der Waals surface area contributed by atoms with Crippen molar-refractivity contribution < 1.29 is 26.3 Å². The predicted octanol–water partition coefficient (Wildman–Crippen LogP) is 0.930. The molecule has 0 saturated heterocycles. The van der Waals surface area contributed by atoms with Crippen molar-refractivity contribution >= 4 is 5.96 Å². The van der Waals surface area contributed by atoms with Crippen molar-refractivity contribution in [3.63, 3.8) is 0 Å². The summed E-state index contributed by atoms with van der Waals surface area (Å²) in [6, 6.07) is 0. The summed E-state index contributed by atoms with van der Waals surface area (Å²) in [4.78, 5) is 1.56. The number of halogens is 6. The van der Waals surface area contributed by atoms with Crippen LogP contribution in [0.15, 0.2) is 4.99 Å². The third-order valence-electron chi connectivity index (χ3n) is 0.517. The molecule has 0 aliphatic heterocycles. The minimum Gasteiger partial charge on any atom is -0.370 e. The van der Waals surface area contributed by atoms with E-state index in [2.05, 4.69) is 5.73 Å². The first-order chi connectivity index (χ1) is 5.10.